The number of hydrogen-bond donors (Lipinski definition) is 0. The summed E-state index contributed by atoms with van der Waals surface area (Å²) in [4.78, 5) is 7.11. The quantitative estimate of drug-likeness (QED) is 0.512. The van der Waals surface area contributed by atoms with Crippen LogP contribution in [0.2, 0.25) is 0 Å². The number of aromatic nitrogens is 2. The minimum atomic E-state index is 1.04. The fourth-order valence-corrected chi connectivity index (χ4v) is 4.39. The fourth-order valence-electron chi connectivity index (χ4n) is 2.08. The summed E-state index contributed by atoms with van der Waals surface area (Å²) in [5.41, 5.74) is 2.23. The van der Waals surface area contributed by atoms with Crippen molar-refractivity contribution in [3.63, 3.8) is 0 Å². The van der Waals surface area contributed by atoms with Gasteiger partial charge in [0.1, 0.15) is 0 Å². The molecule has 2 nitrogen and oxygen atoms in total. The van der Waals surface area contributed by atoms with Crippen LogP contribution in [0.1, 0.15) is 0 Å². The summed E-state index contributed by atoms with van der Waals surface area (Å²) >= 11 is 5.00. The van der Waals surface area contributed by atoms with Gasteiger partial charge in [-0.2, -0.15) is 4.37 Å². The van der Waals surface area contributed by atoms with Gasteiger partial charge in [-0.05, 0) is 34.4 Å². The summed E-state index contributed by atoms with van der Waals surface area (Å²) in [7, 11) is 0. The number of nitrogens with zero attached hydrogens (tertiary/aromatic N) is 2. The molecule has 4 heterocycles. The first kappa shape index (κ1) is 11.3. The Bertz CT molecular complexity index is 746. The van der Waals surface area contributed by atoms with E-state index in [4.69, 9.17) is 0 Å². The third-order valence-corrected chi connectivity index (χ3v) is 5.55. The van der Waals surface area contributed by atoms with Crippen LogP contribution in [0, 0.1) is 0 Å². The van der Waals surface area contributed by atoms with Gasteiger partial charge >= 0.3 is 0 Å². The second-order valence-corrected chi connectivity index (χ2v) is 6.74. The molecule has 92 valence electrons. The molecule has 0 atom stereocenters. The molecule has 0 bridgehead atoms. The molecule has 4 aromatic heterocycles. The van der Waals surface area contributed by atoms with Gasteiger partial charge in [0, 0.05) is 22.0 Å². The van der Waals surface area contributed by atoms with Crippen molar-refractivity contribution in [3.05, 3.63) is 47.4 Å². The molecule has 0 spiro atoms. The van der Waals surface area contributed by atoms with Crippen LogP contribution in [0.4, 0.5) is 0 Å². The van der Waals surface area contributed by atoms with E-state index in [1.165, 1.54) is 20.0 Å². The highest BCUT2D eigenvalue weighted by molar-refractivity contribution is 7.16. The standard InChI is InChI=1S/C14H8N2S3/c1-3-11(17-5-1)9-7-15-13(12-4-2-6-18-12)10-8-16-19-14(9)10/h1-8H. The highest BCUT2D eigenvalue weighted by Crippen LogP contribution is 2.38. The number of fused-ring (bicyclic) bond motifs is 1. The average Bonchev–Trinajstić information content (AvgIpc) is 3.19. The Balaban J connectivity index is 2.01. The van der Waals surface area contributed by atoms with Gasteiger partial charge in [0.15, 0.2) is 0 Å². The molecule has 0 unspecified atom stereocenters. The first-order valence-corrected chi connectivity index (χ1v) is 8.28. The first-order valence-electron chi connectivity index (χ1n) is 5.74. The highest BCUT2D eigenvalue weighted by Gasteiger charge is 2.13. The molecule has 0 aromatic carbocycles. The third kappa shape index (κ3) is 1.82. The predicted molar refractivity (Wildman–Crippen MR) is 84.0 cm³/mol. The highest BCUT2D eigenvalue weighted by atomic mass is 32.1. The molecule has 0 aliphatic heterocycles. The van der Waals surface area contributed by atoms with Crippen LogP contribution in [-0.4, -0.2) is 9.36 Å². The van der Waals surface area contributed by atoms with E-state index >= 15 is 0 Å². The van der Waals surface area contributed by atoms with E-state index in [1.54, 1.807) is 34.2 Å². The molecule has 0 saturated carbocycles. The van der Waals surface area contributed by atoms with Crippen LogP contribution < -0.4 is 0 Å². The Labute approximate surface area is 122 Å². The first-order chi connectivity index (χ1) is 9.43. The largest absolute Gasteiger partial charge is 0.254 e. The molecule has 0 aliphatic rings. The lowest BCUT2D eigenvalue weighted by Gasteiger charge is -2.03. The average molecular weight is 300 g/mol. The summed E-state index contributed by atoms with van der Waals surface area (Å²) in [5, 5.41) is 5.32. The Morgan fingerprint density at radius 3 is 2.42 bits per heavy atom. The van der Waals surface area contributed by atoms with E-state index in [2.05, 4.69) is 44.4 Å². The van der Waals surface area contributed by atoms with Crippen molar-refractivity contribution >= 4 is 44.3 Å². The molecule has 4 aromatic rings. The van der Waals surface area contributed by atoms with E-state index in [0.29, 0.717) is 0 Å². The van der Waals surface area contributed by atoms with Gasteiger partial charge in [-0.25, -0.2) is 0 Å². The van der Waals surface area contributed by atoms with E-state index in [9.17, 15) is 0 Å². The topological polar surface area (TPSA) is 25.8 Å². The van der Waals surface area contributed by atoms with Crippen LogP contribution in [0.5, 0.6) is 0 Å². The van der Waals surface area contributed by atoms with E-state index in [0.717, 1.165) is 11.1 Å². The zero-order valence-corrected chi connectivity index (χ0v) is 12.2. The van der Waals surface area contributed by atoms with Crippen molar-refractivity contribution in [2.45, 2.75) is 0 Å². The van der Waals surface area contributed by atoms with Crippen molar-refractivity contribution < 1.29 is 0 Å². The Hall–Kier alpha value is -1.56. The molecule has 0 fully saturated rings. The molecule has 0 radical (unpaired) electrons. The number of hydrogen-bond acceptors (Lipinski definition) is 5. The zero-order chi connectivity index (χ0) is 12.7. The lowest BCUT2D eigenvalue weighted by Crippen LogP contribution is -1.83. The van der Waals surface area contributed by atoms with Gasteiger partial charge in [0.05, 0.1) is 21.5 Å². The van der Waals surface area contributed by atoms with Gasteiger partial charge in [-0.3, -0.25) is 4.98 Å². The van der Waals surface area contributed by atoms with Crippen LogP contribution in [-0.2, 0) is 0 Å². The summed E-state index contributed by atoms with van der Waals surface area (Å²) in [6, 6.07) is 8.36. The summed E-state index contributed by atoms with van der Waals surface area (Å²) in [6.45, 7) is 0. The Morgan fingerprint density at radius 1 is 0.895 bits per heavy atom. The van der Waals surface area contributed by atoms with Crippen molar-refractivity contribution in [2.75, 3.05) is 0 Å². The molecule has 19 heavy (non-hydrogen) atoms. The van der Waals surface area contributed by atoms with Crippen LogP contribution in [0.3, 0.4) is 0 Å². The smallest absolute Gasteiger partial charge is 0.0905 e. The molecule has 0 saturated heterocycles. The maximum atomic E-state index is 4.66. The van der Waals surface area contributed by atoms with E-state index < -0.39 is 0 Å². The molecule has 0 N–H and O–H groups in total. The number of pyridine rings is 1. The van der Waals surface area contributed by atoms with Gasteiger partial charge in [0.25, 0.3) is 0 Å². The minimum absolute atomic E-state index is 1.04. The van der Waals surface area contributed by atoms with E-state index in [1.807, 2.05) is 12.4 Å². The number of thiophene rings is 2. The molecule has 5 heteroatoms. The van der Waals surface area contributed by atoms with Crippen molar-refractivity contribution in [2.24, 2.45) is 0 Å². The molecule has 4 rings (SSSR count). The Kier molecular flexibility index (Phi) is 2.69. The second-order valence-electron chi connectivity index (χ2n) is 4.04. The second kappa shape index (κ2) is 4.52. The van der Waals surface area contributed by atoms with Crippen LogP contribution >= 0.6 is 34.2 Å². The van der Waals surface area contributed by atoms with Crippen molar-refractivity contribution in [1.29, 1.82) is 0 Å². The third-order valence-electron chi connectivity index (χ3n) is 2.93. The van der Waals surface area contributed by atoms with Crippen LogP contribution in [0.25, 0.3) is 31.1 Å². The lowest BCUT2D eigenvalue weighted by atomic mass is 10.1. The normalized spacial score (nSPS) is 11.2. The summed E-state index contributed by atoms with van der Waals surface area (Å²) < 4.78 is 5.58. The monoisotopic (exact) mass is 300 g/mol. The molecular weight excluding hydrogens is 292 g/mol. The lowest BCUT2D eigenvalue weighted by molar-refractivity contribution is 1.38. The molecule has 0 aliphatic carbocycles. The number of rotatable bonds is 2. The zero-order valence-electron chi connectivity index (χ0n) is 9.74. The van der Waals surface area contributed by atoms with E-state index in [-0.39, 0.29) is 0 Å². The van der Waals surface area contributed by atoms with Gasteiger partial charge < -0.3 is 0 Å². The van der Waals surface area contributed by atoms with Gasteiger partial charge in [0.2, 0.25) is 0 Å². The molecule has 0 amide bonds. The summed E-state index contributed by atoms with van der Waals surface area (Å²) in [6.07, 6.45) is 3.90. The Morgan fingerprint density at radius 2 is 1.68 bits per heavy atom. The van der Waals surface area contributed by atoms with Crippen LogP contribution in [0.15, 0.2) is 47.4 Å². The van der Waals surface area contributed by atoms with Gasteiger partial charge in [-0.15, -0.1) is 22.7 Å². The molecular formula is C14H8N2S3. The van der Waals surface area contributed by atoms with Gasteiger partial charge in [-0.1, -0.05) is 12.1 Å². The maximum absolute atomic E-state index is 4.66. The SMILES string of the molecule is c1csc(-c2ncc(-c3cccs3)c3sncc23)c1. The fraction of sp³-hybridized carbons (Fsp3) is 0. The minimum Gasteiger partial charge on any atom is -0.254 e. The van der Waals surface area contributed by atoms with Crippen molar-refractivity contribution in [3.8, 4) is 21.0 Å². The predicted octanol–water partition coefficient (Wildman–Crippen LogP) is 5.15. The maximum Gasteiger partial charge on any atom is 0.0905 e. The van der Waals surface area contributed by atoms with Crippen molar-refractivity contribution in [1.82, 2.24) is 9.36 Å². The summed E-state index contributed by atoms with van der Waals surface area (Å²) in [5.74, 6) is 0.